The molecule has 3 heterocycles. The number of aliphatic hydroxyl groups excluding tert-OH is 8. The molecule has 2 aromatic rings. The lowest BCUT2D eigenvalue weighted by atomic mass is 9.90. The van der Waals surface area contributed by atoms with E-state index in [0.29, 0.717) is 28.9 Å². The summed E-state index contributed by atoms with van der Waals surface area (Å²) in [6.07, 6.45) is -16.5. The van der Waals surface area contributed by atoms with Gasteiger partial charge in [-0.2, -0.15) is 0 Å². The predicted octanol–water partition coefficient (Wildman–Crippen LogP) is -1.12. The molecule has 0 bridgehead atoms. The average Bonchev–Trinajstić information content (AvgIpc) is 3.07. The third-order valence-corrected chi connectivity index (χ3v) is 8.80. The minimum Gasteiger partial charge on any atom is -0.497 e. The summed E-state index contributed by atoms with van der Waals surface area (Å²) < 4.78 is 41.3. The van der Waals surface area contributed by atoms with E-state index >= 15 is 0 Å². The number of methoxy groups -OCH3 is 2. The largest absolute Gasteiger partial charge is 0.497 e. The molecule has 15 nitrogen and oxygen atoms in total. The molecule has 256 valence electrons. The second-order valence-electron chi connectivity index (χ2n) is 11.6. The van der Waals surface area contributed by atoms with Crippen LogP contribution in [0.15, 0.2) is 24.3 Å². The maximum atomic E-state index is 10.8. The molecule has 0 aromatic heterocycles. The fourth-order valence-corrected chi connectivity index (χ4v) is 6.07. The van der Waals surface area contributed by atoms with Gasteiger partial charge in [0.2, 0.25) is 12.6 Å². The molecule has 2 fully saturated rings. The molecule has 2 saturated heterocycles. The number of aliphatic hydroxyl groups is 8. The zero-order valence-electron chi connectivity index (χ0n) is 25.8. The van der Waals surface area contributed by atoms with Crippen LogP contribution in [0.1, 0.15) is 40.9 Å². The van der Waals surface area contributed by atoms with Gasteiger partial charge in [-0.15, -0.1) is 0 Å². The molecule has 15 heteroatoms. The van der Waals surface area contributed by atoms with Gasteiger partial charge in [-0.1, -0.05) is 12.1 Å². The van der Waals surface area contributed by atoms with Gasteiger partial charge in [0, 0.05) is 24.7 Å². The fraction of sp³-hybridized carbons (Fsp3) is 0.613. The molecule has 0 aliphatic carbocycles. The first kappa shape index (κ1) is 34.5. The first-order chi connectivity index (χ1) is 21.9. The molecule has 2 aromatic carbocycles. The Bertz CT molecular complexity index is 1330. The molecule has 12 unspecified atom stereocenters. The van der Waals surface area contributed by atoms with E-state index < -0.39 is 86.8 Å². The van der Waals surface area contributed by atoms with Crippen LogP contribution in [0, 0.1) is 13.8 Å². The van der Waals surface area contributed by atoms with Gasteiger partial charge in [-0.25, -0.2) is 0 Å². The van der Waals surface area contributed by atoms with Gasteiger partial charge in [0.1, 0.15) is 77.9 Å². The zero-order chi connectivity index (χ0) is 33.4. The van der Waals surface area contributed by atoms with Crippen LogP contribution in [-0.2, 0) is 14.2 Å². The molecular formula is C31H42O15. The summed E-state index contributed by atoms with van der Waals surface area (Å²) in [6.45, 7) is 1.95. The SMILES string of the molecule is COc1ccc(C2CC(OC)c3c(c(C)c(OC4OC(CO)C(O)C(O)C4O)c(C)c3OC3OC(CO)C(O)C(O)C3O)O2)cc1. The highest BCUT2D eigenvalue weighted by atomic mass is 16.7. The standard InChI is InChI=1S/C31H42O15/c1-12-27(45-30-25(38)23(36)21(34)18(10-32)43-30)13(2)29(46-31-26(39)24(37)22(35)19(11-33)44-31)20-17(41-4)9-16(42-28(12)20)14-5-7-15(40-3)8-6-14/h5-8,16-19,21-26,30-39H,9-11H2,1-4H3. The van der Waals surface area contributed by atoms with Crippen LogP contribution in [0.5, 0.6) is 23.0 Å². The van der Waals surface area contributed by atoms with Crippen molar-refractivity contribution in [1.82, 2.24) is 0 Å². The summed E-state index contributed by atoms with van der Waals surface area (Å²) in [6, 6.07) is 7.28. The quantitative estimate of drug-likeness (QED) is 0.160. The van der Waals surface area contributed by atoms with E-state index in [0.717, 1.165) is 5.56 Å². The third kappa shape index (κ3) is 6.25. The molecule has 3 aliphatic rings. The van der Waals surface area contributed by atoms with Crippen LogP contribution in [0.2, 0.25) is 0 Å². The van der Waals surface area contributed by atoms with Gasteiger partial charge in [-0.05, 0) is 31.5 Å². The van der Waals surface area contributed by atoms with Crippen molar-refractivity contribution >= 4 is 0 Å². The maximum Gasteiger partial charge on any atom is 0.229 e. The Balaban J connectivity index is 1.61. The number of rotatable bonds is 9. The van der Waals surface area contributed by atoms with Crippen LogP contribution >= 0.6 is 0 Å². The van der Waals surface area contributed by atoms with Gasteiger partial charge in [0.05, 0.1) is 32.0 Å². The Kier molecular flexibility index (Phi) is 10.6. The Morgan fingerprint density at radius 1 is 0.696 bits per heavy atom. The monoisotopic (exact) mass is 654 g/mol. The second kappa shape index (κ2) is 14.1. The van der Waals surface area contributed by atoms with Crippen molar-refractivity contribution in [2.24, 2.45) is 0 Å². The van der Waals surface area contributed by atoms with Gasteiger partial charge >= 0.3 is 0 Å². The molecule has 8 N–H and O–H groups in total. The molecule has 46 heavy (non-hydrogen) atoms. The second-order valence-corrected chi connectivity index (χ2v) is 11.6. The summed E-state index contributed by atoms with van der Waals surface area (Å²) in [7, 11) is 3.06. The van der Waals surface area contributed by atoms with Gasteiger partial charge < -0.3 is 74.0 Å². The molecular weight excluding hydrogens is 612 g/mol. The Labute approximate surface area is 265 Å². The highest BCUT2D eigenvalue weighted by Crippen LogP contribution is 2.54. The Morgan fingerprint density at radius 2 is 1.22 bits per heavy atom. The lowest BCUT2D eigenvalue weighted by molar-refractivity contribution is -0.279. The summed E-state index contributed by atoms with van der Waals surface area (Å²) in [5.41, 5.74) is 1.94. The normalized spacial score (nSPS) is 36.0. The van der Waals surface area contributed by atoms with E-state index in [1.807, 2.05) is 12.1 Å². The lowest BCUT2D eigenvalue weighted by Gasteiger charge is -2.42. The summed E-state index contributed by atoms with van der Waals surface area (Å²) in [5.74, 6) is 1.06. The van der Waals surface area contributed by atoms with Crippen LogP contribution < -0.4 is 18.9 Å². The van der Waals surface area contributed by atoms with Gasteiger partial charge in [0.15, 0.2) is 0 Å². The van der Waals surface area contributed by atoms with Crippen molar-refractivity contribution in [2.45, 2.75) is 93.9 Å². The minimum absolute atomic E-state index is 0.0598. The first-order valence-electron chi connectivity index (χ1n) is 14.9. The van der Waals surface area contributed by atoms with E-state index in [1.165, 1.54) is 7.11 Å². The molecule has 0 spiro atoms. The highest BCUT2D eigenvalue weighted by Gasteiger charge is 2.48. The highest BCUT2D eigenvalue weighted by molar-refractivity contribution is 5.64. The van der Waals surface area contributed by atoms with Crippen LogP contribution in [-0.4, -0.2) is 130 Å². The maximum absolute atomic E-state index is 10.8. The first-order valence-corrected chi connectivity index (χ1v) is 14.9. The number of benzene rings is 2. The molecule has 12 atom stereocenters. The lowest BCUT2D eigenvalue weighted by Crippen LogP contribution is -2.60. The summed E-state index contributed by atoms with van der Waals surface area (Å²) in [4.78, 5) is 0. The summed E-state index contributed by atoms with van der Waals surface area (Å²) in [5, 5.41) is 82.3. The van der Waals surface area contributed by atoms with E-state index in [-0.39, 0.29) is 17.2 Å². The predicted molar refractivity (Wildman–Crippen MR) is 155 cm³/mol. The number of hydrogen-bond acceptors (Lipinski definition) is 15. The summed E-state index contributed by atoms with van der Waals surface area (Å²) >= 11 is 0. The Hall–Kier alpha value is -2.80. The van der Waals surface area contributed by atoms with Crippen molar-refractivity contribution in [3.05, 3.63) is 46.5 Å². The van der Waals surface area contributed by atoms with Gasteiger partial charge in [-0.3, -0.25) is 0 Å². The average molecular weight is 655 g/mol. The topological polar surface area (TPSA) is 226 Å². The van der Waals surface area contributed by atoms with E-state index in [2.05, 4.69) is 0 Å². The van der Waals surface area contributed by atoms with Crippen molar-refractivity contribution in [2.75, 3.05) is 27.4 Å². The van der Waals surface area contributed by atoms with Crippen LogP contribution in [0.3, 0.4) is 0 Å². The van der Waals surface area contributed by atoms with Crippen molar-refractivity contribution < 1.29 is 74.0 Å². The third-order valence-electron chi connectivity index (χ3n) is 8.80. The fourth-order valence-electron chi connectivity index (χ4n) is 6.07. The van der Waals surface area contributed by atoms with E-state index in [9.17, 15) is 40.9 Å². The van der Waals surface area contributed by atoms with E-state index in [1.54, 1.807) is 33.1 Å². The van der Waals surface area contributed by atoms with Crippen molar-refractivity contribution in [3.8, 4) is 23.0 Å². The molecule has 3 aliphatic heterocycles. The minimum atomic E-state index is -1.73. The Morgan fingerprint density at radius 3 is 1.70 bits per heavy atom. The van der Waals surface area contributed by atoms with Crippen LogP contribution in [0.25, 0.3) is 0 Å². The molecule has 0 amide bonds. The van der Waals surface area contributed by atoms with Crippen molar-refractivity contribution in [1.29, 1.82) is 0 Å². The molecule has 0 saturated carbocycles. The zero-order valence-corrected chi connectivity index (χ0v) is 25.8. The molecule has 5 rings (SSSR count). The molecule has 0 radical (unpaired) electrons. The number of fused-ring (bicyclic) bond motifs is 1. The van der Waals surface area contributed by atoms with Gasteiger partial charge in [0.25, 0.3) is 0 Å². The smallest absolute Gasteiger partial charge is 0.229 e. The number of hydrogen-bond donors (Lipinski definition) is 8. The van der Waals surface area contributed by atoms with Crippen LogP contribution in [0.4, 0.5) is 0 Å². The van der Waals surface area contributed by atoms with Crippen molar-refractivity contribution in [3.63, 3.8) is 0 Å². The number of ether oxygens (including phenoxy) is 7. The van der Waals surface area contributed by atoms with E-state index in [4.69, 9.17) is 33.2 Å².